The van der Waals surface area contributed by atoms with Gasteiger partial charge in [0.05, 0.1) is 13.0 Å². The molecule has 1 aliphatic rings. The zero-order valence-electron chi connectivity index (χ0n) is 11.0. The predicted octanol–water partition coefficient (Wildman–Crippen LogP) is 3.74. The smallest absolute Gasteiger partial charge is 0.232 e. The molecule has 20 heavy (non-hydrogen) atoms. The van der Waals surface area contributed by atoms with Gasteiger partial charge in [0.1, 0.15) is 5.75 Å². The Kier molecular flexibility index (Phi) is 3.49. The number of methoxy groups -OCH3 is 1. The van der Waals surface area contributed by atoms with Gasteiger partial charge >= 0.3 is 0 Å². The van der Waals surface area contributed by atoms with Gasteiger partial charge < -0.3 is 10.1 Å². The first-order valence-electron chi connectivity index (χ1n) is 6.40. The van der Waals surface area contributed by atoms with Crippen molar-refractivity contribution in [3.8, 4) is 5.75 Å². The molecule has 3 rings (SSSR count). The summed E-state index contributed by atoms with van der Waals surface area (Å²) in [6, 6.07) is 13.7. The third kappa shape index (κ3) is 2.43. The van der Waals surface area contributed by atoms with Crippen molar-refractivity contribution >= 4 is 27.5 Å². The largest absolute Gasteiger partial charge is 0.497 e. The van der Waals surface area contributed by atoms with Crippen LogP contribution in [0.1, 0.15) is 17.0 Å². The number of carbonyl (C=O) groups excluding carboxylic acids is 1. The number of hydrogen-bond donors (Lipinski definition) is 1. The average molecular weight is 332 g/mol. The van der Waals surface area contributed by atoms with Crippen molar-refractivity contribution in [3.05, 3.63) is 58.1 Å². The highest BCUT2D eigenvalue weighted by Crippen LogP contribution is 2.36. The summed E-state index contributed by atoms with van der Waals surface area (Å²) in [4.78, 5) is 12.1. The van der Waals surface area contributed by atoms with E-state index in [0.29, 0.717) is 6.42 Å². The summed E-state index contributed by atoms with van der Waals surface area (Å²) < 4.78 is 6.14. The number of hydrogen-bond acceptors (Lipinski definition) is 2. The van der Waals surface area contributed by atoms with E-state index in [-0.39, 0.29) is 11.8 Å². The van der Waals surface area contributed by atoms with E-state index >= 15 is 0 Å². The van der Waals surface area contributed by atoms with E-state index in [4.69, 9.17) is 4.74 Å². The second-order valence-corrected chi connectivity index (χ2v) is 5.74. The Morgan fingerprint density at radius 2 is 1.95 bits per heavy atom. The summed E-state index contributed by atoms with van der Waals surface area (Å²) in [5.41, 5.74) is 3.09. The number of fused-ring (bicyclic) bond motifs is 1. The van der Waals surface area contributed by atoms with Crippen LogP contribution >= 0.6 is 15.9 Å². The number of nitrogens with one attached hydrogen (secondary N) is 1. The van der Waals surface area contributed by atoms with E-state index in [1.54, 1.807) is 7.11 Å². The summed E-state index contributed by atoms with van der Waals surface area (Å²) in [6.45, 7) is 0. The van der Waals surface area contributed by atoms with Gasteiger partial charge in [-0.1, -0.05) is 28.1 Å². The Labute approximate surface area is 126 Å². The van der Waals surface area contributed by atoms with Gasteiger partial charge in [0.2, 0.25) is 5.91 Å². The quantitative estimate of drug-likeness (QED) is 0.930. The van der Waals surface area contributed by atoms with Crippen LogP contribution in [0, 0.1) is 0 Å². The Hall–Kier alpha value is -1.81. The Balaban J connectivity index is 1.87. The molecule has 1 amide bonds. The summed E-state index contributed by atoms with van der Waals surface area (Å²) in [5.74, 6) is 0.762. The second kappa shape index (κ2) is 5.29. The molecule has 1 heterocycles. The molecule has 2 aromatic rings. The molecule has 0 saturated heterocycles. The van der Waals surface area contributed by atoms with Gasteiger partial charge in [-0.25, -0.2) is 0 Å². The normalized spacial score (nSPS) is 16.7. The molecule has 0 radical (unpaired) electrons. The third-order valence-electron chi connectivity index (χ3n) is 3.56. The third-order valence-corrected chi connectivity index (χ3v) is 4.06. The van der Waals surface area contributed by atoms with Gasteiger partial charge in [0, 0.05) is 10.2 Å². The van der Waals surface area contributed by atoms with Crippen molar-refractivity contribution in [3.63, 3.8) is 0 Å². The van der Waals surface area contributed by atoms with E-state index in [1.165, 1.54) is 0 Å². The maximum atomic E-state index is 12.1. The van der Waals surface area contributed by atoms with E-state index in [0.717, 1.165) is 27.0 Å². The van der Waals surface area contributed by atoms with Crippen molar-refractivity contribution in [1.29, 1.82) is 0 Å². The summed E-state index contributed by atoms with van der Waals surface area (Å²) in [5, 5.41) is 2.93. The first kappa shape index (κ1) is 13.2. The Bertz CT molecular complexity index is 652. The molecular weight excluding hydrogens is 318 g/mol. The van der Waals surface area contributed by atoms with Gasteiger partial charge in [0.25, 0.3) is 0 Å². The van der Waals surface area contributed by atoms with Crippen LogP contribution in [-0.4, -0.2) is 13.0 Å². The highest BCUT2D eigenvalue weighted by Gasteiger charge is 2.30. The topological polar surface area (TPSA) is 38.3 Å². The fraction of sp³-hybridized carbons (Fsp3) is 0.188. The Morgan fingerprint density at radius 3 is 2.65 bits per heavy atom. The van der Waals surface area contributed by atoms with Crippen molar-refractivity contribution in [2.45, 2.75) is 12.3 Å². The summed E-state index contributed by atoms with van der Waals surface area (Å²) in [7, 11) is 1.65. The number of anilines is 1. The fourth-order valence-electron chi connectivity index (χ4n) is 2.50. The van der Waals surface area contributed by atoms with Crippen LogP contribution in [-0.2, 0) is 11.2 Å². The molecule has 0 aliphatic carbocycles. The minimum Gasteiger partial charge on any atom is -0.497 e. The van der Waals surface area contributed by atoms with Crippen molar-refractivity contribution in [1.82, 2.24) is 0 Å². The van der Waals surface area contributed by atoms with Gasteiger partial charge in [-0.05, 0) is 47.9 Å². The Morgan fingerprint density at radius 1 is 1.20 bits per heavy atom. The SMILES string of the molecule is COc1ccc(C[C@@H]2C(=O)Nc3ccc(Br)cc32)cc1. The molecule has 0 saturated carbocycles. The highest BCUT2D eigenvalue weighted by atomic mass is 79.9. The molecule has 2 aromatic carbocycles. The van der Waals surface area contributed by atoms with Gasteiger partial charge in [-0.3, -0.25) is 4.79 Å². The number of carbonyl (C=O) groups is 1. The second-order valence-electron chi connectivity index (χ2n) is 4.83. The lowest BCUT2D eigenvalue weighted by Gasteiger charge is -2.10. The lowest BCUT2D eigenvalue weighted by molar-refractivity contribution is -0.117. The molecule has 0 spiro atoms. The minimum absolute atomic E-state index is 0.0638. The fourth-order valence-corrected chi connectivity index (χ4v) is 2.88. The molecule has 3 nitrogen and oxygen atoms in total. The highest BCUT2D eigenvalue weighted by molar-refractivity contribution is 9.10. The molecule has 0 unspecified atom stereocenters. The summed E-state index contributed by atoms with van der Waals surface area (Å²) in [6.07, 6.45) is 0.694. The molecule has 102 valence electrons. The average Bonchev–Trinajstić information content (AvgIpc) is 2.76. The monoisotopic (exact) mass is 331 g/mol. The van der Waals surface area contributed by atoms with Crippen LogP contribution < -0.4 is 10.1 Å². The molecule has 4 heteroatoms. The molecule has 1 N–H and O–H groups in total. The minimum atomic E-state index is -0.129. The van der Waals surface area contributed by atoms with E-state index < -0.39 is 0 Å². The molecule has 0 aromatic heterocycles. The molecule has 0 fully saturated rings. The molecule has 1 atom stereocenters. The maximum Gasteiger partial charge on any atom is 0.232 e. The number of halogens is 1. The van der Waals surface area contributed by atoms with Gasteiger partial charge in [-0.2, -0.15) is 0 Å². The number of benzene rings is 2. The maximum absolute atomic E-state index is 12.1. The zero-order chi connectivity index (χ0) is 14.1. The van der Waals surface area contributed by atoms with Crippen LogP contribution in [0.2, 0.25) is 0 Å². The van der Waals surface area contributed by atoms with Gasteiger partial charge in [0.15, 0.2) is 0 Å². The van der Waals surface area contributed by atoms with Crippen molar-refractivity contribution in [2.75, 3.05) is 12.4 Å². The van der Waals surface area contributed by atoms with Crippen LogP contribution in [0.15, 0.2) is 46.9 Å². The van der Waals surface area contributed by atoms with Crippen LogP contribution in [0.5, 0.6) is 5.75 Å². The van der Waals surface area contributed by atoms with Gasteiger partial charge in [-0.15, -0.1) is 0 Å². The summed E-state index contributed by atoms with van der Waals surface area (Å²) >= 11 is 3.46. The van der Waals surface area contributed by atoms with E-state index in [2.05, 4.69) is 21.2 Å². The van der Waals surface area contributed by atoms with Crippen LogP contribution in [0.4, 0.5) is 5.69 Å². The number of rotatable bonds is 3. The number of ether oxygens (including phenoxy) is 1. The first-order chi connectivity index (χ1) is 9.67. The van der Waals surface area contributed by atoms with E-state index in [9.17, 15) is 4.79 Å². The standard InChI is InChI=1S/C16H14BrNO2/c1-20-12-5-2-10(3-6-12)8-14-13-9-11(17)4-7-15(13)18-16(14)19/h2-7,9,14H,8H2,1H3,(H,18,19)/t14-/m0/s1. The van der Waals surface area contributed by atoms with Crippen LogP contribution in [0.25, 0.3) is 0 Å². The molecular formula is C16H14BrNO2. The van der Waals surface area contributed by atoms with Crippen LogP contribution in [0.3, 0.4) is 0 Å². The lowest BCUT2D eigenvalue weighted by atomic mass is 9.93. The van der Waals surface area contributed by atoms with E-state index in [1.807, 2.05) is 42.5 Å². The zero-order valence-corrected chi connectivity index (χ0v) is 12.6. The molecule has 1 aliphatic heterocycles. The predicted molar refractivity (Wildman–Crippen MR) is 82.2 cm³/mol. The number of amides is 1. The first-order valence-corrected chi connectivity index (χ1v) is 7.20. The molecule has 0 bridgehead atoms. The van der Waals surface area contributed by atoms with Crippen molar-refractivity contribution < 1.29 is 9.53 Å². The lowest BCUT2D eigenvalue weighted by Crippen LogP contribution is -2.14. The van der Waals surface area contributed by atoms with Crippen molar-refractivity contribution in [2.24, 2.45) is 0 Å².